The molecular formula is C23H31BClNO2. The van der Waals surface area contributed by atoms with E-state index in [-0.39, 0.29) is 12.3 Å². The summed E-state index contributed by atoms with van der Waals surface area (Å²) in [5.41, 5.74) is 2.44. The van der Waals surface area contributed by atoms with Crippen molar-refractivity contribution in [1.82, 2.24) is 4.90 Å². The minimum absolute atomic E-state index is 0.239. The molecule has 2 N–H and O–H groups in total. The van der Waals surface area contributed by atoms with E-state index in [1.54, 1.807) is 11.9 Å². The van der Waals surface area contributed by atoms with Gasteiger partial charge in [-0.2, -0.15) is 0 Å². The smallest absolute Gasteiger partial charge is 0.218 e. The summed E-state index contributed by atoms with van der Waals surface area (Å²) in [6, 6.07) is 18.2. The second-order valence-corrected chi connectivity index (χ2v) is 9.42. The minimum atomic E-state index is -1.74. The highest BCUT2D eigenvalue weighted by Gasteiger charge is 2.51. The molecule has 1 heterocycles. The molecule has 0 bridgehead atoms. The molecule has 3 nitrogen and oxygen atoms in total. The predicted molar refractivity (Wildman–Crippen MR) is 118 cm³/mol. The molecule has 4 rings (SSSR count). The lowest BCUT2D eigenvalue weighted by Gasteiger charge is -2.51. The molecule has 2 atom stereocenters. The third-order valence-corrected chi connectivity index (χ3v) is 6.80. The molecule has 1 saturated heterocycles. The van der Waals surface area contributed by atoms with Gasteiger partial charge in [-0.1, -0.05) is 67.3 Å². The summed E-state index contributed by atoms with van der Waals surface area (Å²) < 4.78 is 0. The van der Waals surface area contributed by atoms with E-state index in [2.05, 4.69) is 32.9 Å². The topological polar surface area (TPSA) is 43.7 Å². The van der Waals surface area contributed by atoms with Crippen LogP contribution in [0.2, 0.25) is 17.7 Å². The summed E-state index contributed by atoms with van der Waals surface area (Å²) >= 11 is 6.20. The van der Waals surface area contributed by atoms with Gasteiger partial charge in [0.15, 0.2) is 6.71 Å². The summed E-state index contributed by atoms with van der Waals surface area (Å²) in [5.74, 6) is -0.876. The second-order valence-electron chi connectivity index (χ2n) is 8.99. The third kappa shape index (κ3) is 4.46. The van der Waals surface area contributed by atoms with Crippen LogP contribution in [-0.4, -0.2) is 40.3 Å². The lowest BCUT2D eigenvalue weighted by Crippen LogP contribution is -2.63. The molecule has 0 spiro atoms. The SMILES string of the molecule is CC1C[C@@H](B2CC(C)(C)N(C)C(O)(O)C2)c2cc(Cl)ccc21.c1ccccc1. The van der Waals surface area contributed by atoms with Gasteiger partial charge in [-0.25, -0.2) is 0 Å². The lowest BCUT2D eigenvalue weighted by molar-refractivity contribution is -0.269. The molecule has 0 amide bonds. The molecule has 1 fully saturated rings. The van der Waals surface area contributed by atoms with Crippen LogP contribution in [0.4, 0.5) is 0 Å². The molecule has 2 aliphatic rings. The molecule has 0 aromatic heterocycles. The second kappa shape index (κ2) is 8.20. The van der Waals surface area contributed by atoms with E-state index in [1.165, 1.54) is 11.1 Å². The number of fused-ring (bicyclic) bond motifs is 1. The average molecular weight is 400 g/mol. The van der Waals surface area contributed by atoms with Gasteiger partial charge in [0, 0.05) is 10.6 Å². The van der Waals surface area contributed by atoms with Crippen molar-refractivity contribution in [3.8, 4) is 0 Å². The molecule has 28 heavy (non-hydrogen) atoms. The normalized spacial score (nSPS) is 25.6. The number of hydrogen-bond donors (Lipinski definition) is 2. The molecule has 1 unspecified atom stereocenters. The van der Waals surface area contributed by atoms with Gasteiger partial charge in [0.05, 0.1) is 0 Å². The first-order valence-corrected chi connectivity index (χ1v) is 10.5. The quantitative estimate of drug-likeness (QED) is 0.523. The number of hydrogen-bond acceptors (Lipinski definition) is 3. The molecule has 2 aromatic rings. The standard InChI is InChI=1S/C17H25BClNO2.C6H6/c1-11-7-15(14-8-12(19)5-6-13(11)14)18-9-16(2,3)20(4)17(21,22)10-18;1-2-4-6-5-3-1/h5-6,8,11,15,21-22H,7,9-10H2,1-4H3;1-6H/t11?,15-;/m1./s1. The fourth-order valence-corrected chi connectivity index (χ4v) is 5.07. The number of benzene rings is 2. The van der Waals surface area contributed by atoms with Crippen molar-refractivity contribution in [3.63, 3.8) is 0 Å². The van der Waals surface area contributed by atoms with Crippen molar-refractivity contribution in [2.45, 2.75) is 63.0 Å². The first-order valence-electron chi connectivity index (χ1n) is 10.1. The highest BCUT2D eigenvalue weighted by Crippen LogP contribution is 2.49. The Kier molecular flexibility index (Phi) is 6.26. The van der Waals surface area contributed by atoms with Crippen LogP contribution in [0.25, 0.3) is 0 Å². The molecule has 1 aliphatic carbocycles. The van der Waals surface area contributed by atoms with Crippen molar-refractivity contribution in [2.75, 3.05) is 7.05 Å². The Bertz CT molecular complexity index is 752. The zero-order chi connectivity index (χ0) is 20.5. The first-order chi connectivity index (χ1) is 13.1. The largest absolute Gasteiger partial charge is 0.354 e. The number of nitrogens with zero attached hydrogens (tertiary/aromatic N) is 1. The van der Waals surface area contributed by atoms with Gasteiger partial charge in [-0.15, -0.1) is 0 Å². The predicted octanol–water partition coefficient (Wildman–Crippen LogP) is 5.01. The highest BCUT2D eigenvalue weighted by molar-refractivity contribution is 6.61. The fourth-order valence-electron chi connectivity index (χ4n) is 4.89. The van der Waals surface area contributed by atoms with E-state index in [9.17, 15) is 10.2 Å². The zero-order valence-electron chi connectivity index (χ0n) is 17.3. The van der Waals surface area contributed by atoms with Crippen LogP contribution in [0.15, 0.2) is 54.6 Å². The summed E-state index contributed by atoms with van der Waals surface area (Å²) in [5, 5.41) is 21.6. The zero-order valence-corrected chi connectivity index (χ0v) is 18.0. The average Bonchev–Trinajstić information content (AvgIpc) is 2.97. The van der Waals surface area contributed by atoms with Crippen LogP contribution in [0.5, 0.6) is 0 Å². The molecular weight excluding hydrogens is 369 g/mol. The summed E-state index contributed by atoms with van der Waals surface area (Å²) in [7, 11) is 1.79. The van der Waals surface area contributed by atoms with Crippen molar-refractivity contribution < 1.29 is 10.2 Å². The molecule has 0 saturated carbocycles. The van der Waals surface area contributed by atoms with Crippen LogP contribution in [0.3, 0.4) is 0 Å². The summed E-state index contributed by atoms with van der Waals surface area (Å²) in [4.78, 5) is 1.69. The van der Waals surface area contributed by atoms with Gasteiger partial charge in [-0.05, 0) is 68.6 Å². The van der Waals surface area contributed by atoms with Crippen LogP contribution < -0.4 is 0 Å². The summed E-state index contributed by atoms with van der Waals surface area (Å²) in [6.07, 6.45) is 2.40. The summed E-state index contributed by atoms with van der Waals surface area (Å²) in [6.45, 7) is 6.66. The third-order valence-electron chi connectivity index (χ3n) is 6.57. The fraction of sp³-hybridized carbons (Fsp3) is 0.478. The van der Waals surface area contributed by atoms with E-state index in [0.29, 0.717) is 18.1 Å². The maximum Gasteiger partial charge on any atom is 0.218 e. The van der Waals surface area contributed by atoms with E-state index in [0.717, 1.165) is 17.8 Å². The van der Waals surface area contributed by atoms with Gasteiger partial charge in [0.2, 0.25) is 5.91 Å². The van der Waals surface area contributed by atoms with Crippen LogP contribution in [-0.2, 0) is 0 Å². The van der Waals surface area contributed by atoms with Gasteiger partial charge in [0.1, 0.15) is 0 Å². The first kappa shape index (κ1) is 21.4. The molecule has 0 radical (unpaired) electrons. The van der Waals surface area contributed by atoms with Gasteiger partial charge in [0.25, 0.3) is 0 Å². The van der Waals surface area contributed by atoms with Gasteiger partial charge >= 0.3 is 0 Å². The Balaban J connectivity index is 0.000000320. The minimum Gasteiger partial charge on any atom is -0.354 e. The van der Waals surface area contributed by atoms with Crippen molar-refractivity contribution in [3.05, 3.63) is 70.7 Å². The van der Waals surface area contributed by atoms with Crippen molar-refractivity contribution >= 4 is 18.3 Å². The van der Waals surface area contributed by atoms with Crippen LogP contribution >= 0.6 is 11.6 Å². The van der Waals surface area contributed by atoms with E-state index < -0.39 is 5.91 Å². The van der Waals surface area contributed by atoms with Gasteiger partial charge < -0.3 is 10.2 Å². The van der Waals surface area contributed by atoms with Gasteiger partial charge in [-0.3, -0.25) is 4.90 Å². The maximum absolute atomic E-state index is 10.4. The molecule has 5 heteroatoms. The Morgan fingerprint density at radius 2 is 1.57 bits per heavy atom. The molecule has 150 valence electrons. The van der Waals surface area contributed by atoms with E-state index in [1.807, 2.05) is 42.5 Å². The Morgan fingerprint density at radius 3 is 2.11 bits per heavy atom. The Hall–Kier alpha value is -1.33. The Labute approximate surface area is 174 Å². The molecule has 1 aliphatic heterocycles. The lowest BCUT2D eigenvalue weighted by atomic mass is 9.32. The number of halogens is 1. The monoisotopic (exact) mass is 399 g/mol. The number of rotatable bonds is 1. The van der Waals surface area contributed by atoms with Crippen molar-refractivity contribution in [1.29, 1.82) is 0 Å². The van der Waals surface area contributed by atoms with Crippen LogP contribution in [0.1, 0.15) is 50.1 Å². The van der Waals surface area contributed by atoms with E-state index >= 15 is 0 Å². The molecule has 2 aromatic carbocycles. The van der Waals surface area contributed by atoms with Crippen molar-refractivity contribution in [2.24, 2.45) is 0 Å². The Morgan fingerprint density at radius 1 is 1.00 bits per heavy atom. The van der Waals surface area contributed by atoms with E-state index in [4.69, 9.17) is 11.6 Å². The highest BCUT2D eigenvalue weighted by atomic mass is 35.5. The van der Waals surface area contributed by atoms with Crippen LogP contribution in [0, 0.1) is 0 Å². The number of aliphatic hydroxyl groups is 2. The maximum atomic E-state index is 10.4.